The van der Waals surface area contributed by atoms with E-state index in [0.717, 1.165) is 16.8 Å². The van der Waals surface area contributed by atoms with Gasteiger partial charge in [0.2, 0.25) is 5.91 Å². The van der Waals surface area contributed by atoms with Crippen molar-refractivity contribution in [1.29, 1.82) is 0 Å². The van der Waals surface area contributed by atoms with Gasteiger partial charge in [0, 0.05) is 37.3 Å². The molecule has 0 saturated carbocycles. The minimum Gasteiger partial charge on any atom is -0.497 e. The van der Waals surface area contributed by atoms with Crippen molar-refractivity contribution in [2.75, 3.05) is 46.3 Å². The molecule has 2 saturated heterocycles. The van der Waals surface area contributed by atoms with Gasteiger partial charge in [-0.3, -0.25) is 19.4 Å². The quantitative estimate of drug-likeness (QED) is 0.452. The first kappa shape index (κ1) is 23.8. The van der Waals surface area contributed by atoms with E-state index in [2.05, 4.69) is 6.58 Å². The molecule has 3 aliphatic heterocycles. The highest BCUT2D eigenvalue weighted by atomic mass is 32.2. The number of thioether (sulfide) groups is 1. The number of carbonyl (C=O) groups is 2. The van der Waals surface area contributed by atoms with Crippen LogP contribution in [0.2, 0.25) is 0 Å². The molecule has 9 heteroatoms. The number of hydrogen-bond acceptors (Lipinski definition) is 7. The molecular weight excluding hydrogens is 482 g/mol. The standard InChI is InChI=1S/C26H27N3O4S2/c1-6-12-29-23(31)26(35-24(29)34)20(16-8-7-9-17(13-16)32-4)15-27(2)25(26)19-14-18(33-5)10-11-21(19)28(3)22(25)30/h6-11,13-14,20H,1,12,15H2,2-5H3/t20-,25-,26+/m0/s1. The van der Waals surface area contributed by atoms with E-state index < -0.39 is 10.3 Å². The van der Waals surface area contributed by atoms with Gasteiger partial charge in [-0.1, -0.05) is 42.2 Å². The van der Waals surface area contributed by atoms with Crippen LogP contribution < -0.4 is 14.4 Å². The van der Waals surface area contributed by atoms with E-state index in [-0.39, 0.29) is 24.3 Å². The third-order valence-electron chi connectivity index (χ3n) is 7.47. The van der Waals surface area contributed by atoms with Crippen LogP contribution in [0.1, 0.15) is 17.0 Å². The van der Waals surface area contributed by atoms with E-state index in [0.29, 0.717) is 22.4 Å². The molecular formula is C26H27N3O4S2. The Morgan fingerprint density at radius 3 is 2.51 bits per heavy atom. The summed E-state index contributed by atoms with van der Waals surface area (Å²) < 4.78 is 10.3. The summed E-state index contributed by atoms with van der Waals surface area (Å²) in [7, 11) is 6.88. The van der Waals surface area contributed by atoms with Gasteiger partial charge in [-0.25, -0.2) is 0 Å². The molecule has 2 aromatic rings. The van der Waals surface area contributed by atoms with E-state index in [4.69, 9.17) is 21.7 Å². The fourth-order valence-corrected chi connectivity index (χ4v) is 8.09. The summed E-state index contributed by atoms with van der Waals surface area (Å²) in [6.45, 7) is 4.58. The molecule has 0 radical (unpaired) electrons. The average molecular weight is 510 g/mol. The van der Waals surface area contributed by atoms with E-state index in [1.54, 1.807) is 37.1 Å². The Labute approximate surface area is 214 Å². The Morgan fingerprint density at radius 1 is 1.11 bits per heavy atom. The Kier molecular flexibility index (Phi) is 5.69. The SMILES string of the molecule is C=CCN1C(=O)[C@]2(SC1=S)[C@H](c1cccc(OC)c1)CN(C)[C@@]21C(=O)N(C)c2ccc(OC)cc21. The van der Waals surface area contributed by atoms with Crippen LogP contribution in [0.25, 0.3) is 0 Å². The zero-order chi connectivity index (χ0) is 25.1. The number of likely N-dealkylation sites (N-methyl/N-ethyl adjacent to an activating group) is 2. The smallest absolute Gasteiger partial charge is 0.254 e. The van der Waals surface area contributed by atoms with Gasteiger partial charge in [-0.15, -0.1) is 6.58 Å². The summed E-state index contributed by atoms with van der Waals surface area (Å²) in [5.41, 5.74) is 1.15. The molecule has 5 rings (SSSR count). The van der Waals surface area contributed by atoms with Crippen molar-refractivity contribution in [3.8, 4) is 11.5 Å². The molecule has 3 heterocycles. The molecule has 3 aliphatic rings. The van der Waals surface area contributed by atoms with Crippen molar-refractivity contribution in [2.24, 2.45) is 0 Å². The summed E-state index contributed by atoms with van der Waals surface area (Å²) in [5.74, 6) is 0.654. The van der Waals surface area contributed by atoms with Crippen LogP contribution in [-0.4, -0.2) is 72.1 Å². The number of carbonyl (C=O) groups excluding carboxylic acids is 2. The molecule has 2 spiro atoms. The third kappa shape index (κ3) is 2.92. The molecule has 0 aliphatic carbocycles. The largest absolute Gasteiger partial charge is 0.497 e. The third-order valence-corrected chi connectivity index (χ3v) is 9.41. The van der Waals surface area contributed by atoms with Gasteiger partial charge in [0.1, 0.15) is 20.6 Å². The number of nitrogens with zero attached hydrogens (tertiary/aromatic N) is 3. The number of amides is 2. The zero-order valence-electron chi connectivity index (χ0n) is 20.1. The van der Waals surface area contributed by atoms with Crippen LogP contribution in [0.15, 0.2) is 55.1 Å². The summed E-state index contributed by atoms with van der Waals surface area (Å²) in [4.78, 5) is 34.1. The van der Waals surface area contributed by atoms with Crippen molar-refractivity contribution in [3.05, 3.63) is 66.2 Å². The lowest BCUT2D eigenvalue weighted by atomic mass is 9.72. The van der Waals surface area contributed by atoms with Gasteiger partial charge in [0.15, 0.2) is 5.54 Å². The number of anilines is 1. The lowest BCUT2D eigenvalue weighted by Gasteiger charge is -2.42. The molecule has 2 amide bonds. The first-order valence-electron chi connectivity index (χ1n) is 11.3. The molecule has 0 N–H and O–H groups in total. The second-order valence-electron chi connectivity index (χ2n) is 8.98. The summed E-state index contributed by atoms with van der Waals surface area (Å²) in [6.07, 6.45) is 1.66. The van der Waals surface area contributed by atoms with Crippen LogP contribution in [0.3, 0.4) is 0 Å². The van der Waals surface area contributed by atoms with Gasteiger partial charge < -0.3 is 14.4 Å². The van der Waals surface area contributed by atoms with Gasteiger partial charge in [0.05, 0.1) is 14.2 Å². The predicted molar refractivity (Wildman–Crippen MR) is 141 cm³/mol. The van der Waals surface area contributed by atoms with Crippen molar-refractivity contribution >= 4 is 45.8 Å². The number of fused-ring (bicyclic) bond motifs is 3. The number of rotatable bonds is 5. The molecule has 0 bridgehead atoms. The summed E-state index contributed by atoms with van der Waals surface area (Å²) in [5, 5.41) is 0. The molecule has 2 fully saturated rings. The molecule has 35 heavy (non-hydrogen) atoms. The lowest BCUT2D eigenvalue weighted by molar-refractivity contribution is -0.138. The van der Waals surface area contributed by atoms with Crippen LogP contribution in [0.4, 0.5) is 5.69 Å². The molecule has 3 atom stereocenters. The number of ether oxygens (including phenoxy) is 2. The van der Waals surface area contributed by atoms with Crippen LogP contribution >= 0.6 is 24.0 Å². The molecule has 0 unspecified atom stereocenters. The number of thiocarbonyl (C=S) groups is 1. The molecule has 0 aromatic heterocycles. The highest BCUT2D eigenvalue weighted by molar-refractivity contribution is 8.25. The maximum atomic E-state index is 14.5. The summed E-state index contributed by atoms with van der Waals surface area (Å²) >= 11 is 7.06. The Morgan fingerprint density at radius 2 is 1.83 bits per heavy atom. The van der Waals surface area contributed by atoms with Gasteiger partial charge in [-0.05, 0) is 42.9 Å². The number of hydrogen-bond donors (Lipinski definition) is 0. The minimum absolute atomic E-state index is 0.155. The maximum Gasteiger partial charge on any atom is 0.254 e. The maximum absolute atomic E-state index is 14.5. The van der Waals surface area contributed by atoms with Crippen LogP contribution in [-0.2, 0) is 15.1 Å². The first-order chi connectivity index (χ1) is 16.8. The Bertz CT molecular complexity index is 1270. The van der Waals surface area contributed by atoms with Crippen molar-refractivity contribution in [3.63, 3.8) is 0 Å². The first-order valence-corrected chi connectivity index (χ1v) is 12.5. The number of methoxy groups -OCH3 is 2. The normalized spacial score (nSPS) is 27.9. The Hall–Kier alpha value is -2.88. The Balaban J connectivity index is 1.84. The zero-order valence-corrected chi connectivity index (χ0v) is 21.7. The minimum atomic E-state index is -1.28. The second kappa shape index (κ2) is 8.36. The van der Waals surface area contributed by atoms with Crippen LogP contribution in [0.5, 0.6) is 11.5 Å². The topological polar surface area (TPSA) is 62.3 Å². The fourth-order valence-electron chi connectivity index (χ4n) is 5.95. The van der Waals surface area contributed by atoms with Crippen molar-refractivity contribution in [2.45, 2.75) is 16.2 Å². The monoisotopic (exact) mass is 509 g/mol. The van der Waals surface area contributed by atoms with Crippen molar-refractivity contribution in [1.82, 2.24) is 9.80 Å². The van der Waals surface area contributed by atoms with E-state index >= 15 is 0 Å². The lowest BCUT2D eigenvalue weighted by Crippen LogP contribution is -2.62. The van der Waals surface area contributed by atoms with E-state index in [1.165, 1.54) is 11.8 Å². The average Bonchev–Trinajstić information content (AvgIpc) is 3.37. The number of benzene rings is 2. The van der Waals surface area contributed by atoms with E-state index in [9.17, 15) is 9.59 Å². The highest BCUT2D eigenvalue weighted by Crippen LogP contribution is 2.66. The fraction of sp³-hybridized carbons (Fsp3) is 0.346. The van der Waals surface area contributed by atoms with Gasteiger partial charge >= 0.3 is 0 Å². The summed E-state index contributed by atoms with van der Waals surface area (Å²) in [6, 6.07) is 13.3. The van der Waals surface area contributed by atoms with Gasteiger partial charge in [-0.2, -0.15) is 0 Å². The molecule has 7 nitrogen and oxygen atoms in total. The molecule has 182 valence electrons. The number of likely N-dealkylation sites (tertiary alicyclic amines) is 1. The van der Waals surface area contributed by atoms with E-state index in [1.807, 2.05) is 54.4 Å². The van der Waals surface area contributed by atoms with Crippen molar-refractivity contribution < 1.29 is 19.1 Å². The predicted octanol–water partition coefficient (Wildman–Crippen LogP) is 3.39. The van der Waals surface area contributed by atoms with Crippen LogP contribution in [0, 0.1) is 0 Å². The highest BCUT2D eigenvalue weighted by Gasteiger charge is 2.78. The van der Waals surface area contributed by atoms with Gasteiger partial charge in [0.25, 0.3) is 5.91 Å². The molecule has 2 aromatic carbocycles. The second-order valence-corrected chi connectivity index (χ2v) is 10.9.